The van der Waals surface area contributed by atoms with Crippen LogP contribution >= 0.6 is 0 Å². The molecule has 0 radical (unpaired) electrons. The highest BCUT2D eigenvalue weighted by Crippen LogP contribution is 2.25. The number of methoxy groups -OCH3 is 1. The van der Waals surface area contributed by atoms with Crippen molar-refractivity contribution in [1.29, 1.82) is 0 Å². The number of carbonyl (C=O) groups excluding carboxylic acids is 1. The van der Waals surface area contributed by atoms with Crippen LogP contribution in [0.15, 0.2) is 12.3 Å². The summed E-state index contributed by atoms with van der Waals surface area (Å²) >= 11 is 0. The van der Waals surface area contributed by atoms with Gasteiger partial charge in [-0.15, -0.1) is 0 Å². The fraction of sp³-hybridized carbons (Fsp3) is 0.722. The first kappa shape index (κ1) is 18.8. The Kier molecular flexibility index (Phi) is 6.62. The molecule has 3 heterocycles. The second-order valence-electron chi connectivity index (χ2n) is 7.11. The van der Waals surface area contributed by atoms with Gasteiger partial charge in [-0.2, -0.15) is 4.98 Å². The van der Waals surface area contributed by atoms with Crippen LogP contribution in [0.4, 0.5) is 11.8 Å². The highest BCUT2D eigenvalue weighted by Gasteiger charge is 2.31. The molecule has 1 amide bonds. The highest BCUT2D eigenvalue weighted by molar-refractivity contribution is 5.78. The van der Waals surface area contributed by atoms with E-state index in [1.807, 2.05) is 6.07 Å². The molecule has 8 nitrogen and oxygen atoms in total. The van der Waals surface area contributed by atoms with Crippen LogP contribution in [-0.2, 0) is 9.53 Å². The van der Waals surface area contributed by atoms with E-state index in [4.69, 9.17) is 10.5 Å². The third-order valence-corrected chi connectivity index (χ3v) is 5.39. The molecule has 0 spiro atoms. The summed E-state index contributed by atoms with van der Waals surface area (Å²) in [6.45, 7) is 5.03. The van der Waals surface area contributed by atoms with E-state index in [1.165, 1.54) is 0 Å². The Bertz CT molecular complexity index is 591. The summed E-state index contributed by atoms with van der Waals surface area (Å²) in [6.07, 6.45) is 5.95. The lowest BCUT2D eigenvalue weighted by molar-refractivity contribution is -0.127. The van der Waals surface area contributed by atoms with Crippen molar-refractivity contribution in [3.05, 3.63) is 12.3 Å². The van der Waals surface area contributed by atoms with E-state index < -0.39 is 0 Å². The molecule has 3 rings (SSSR count). The predicted octanol–water partition coefficient (Wildman–Crippen LogP) is 0.502. The molecule has 144 valence electrons. The van der Waals surface area contributed by atoms with Crippen LogP contribution in [0.1, 0.15) is 25.7 Å². The summed E-state index contributed by atoms with van der Waals surface area (Å²) in [5, 5.41) is 2.99. The molecule has 0 saturated carbocycles. The molecule has 2 saturated heterocycles. The zero-order chi connectivity index (χ0) is 18.4. The van der Waals surface area contributed by atoms with Crippen molar-refractivity contribution in [3.63, 3.8) is 0 Å². The number of nitrogens with zero attached hydrogens (tertiary/aromatic N) is 4. The van der Waals surface area contributed by atoms with E-state index in [9.17, 15) is 4.79 Å². The Balaban J connectivity index is 1.48. The van der Waals surface area contributed by atoms with E-state index in [0.29, 0.717) is 25.1 Å². The molecular formula is C18H30N6O2. The number of nitrogens with one attached hydrogen (secondary N) is 1. The zero-order valence-corrected chi connectivity index (χ0v) is 15.6. The Labute approximate surface area is 155 Å². The van der Waals surface area contributed by atoms with Gasteiger partial charge in [0.25, 0.3) is 0 Å². The van der Waals surface area contributed by atoms with Crippen molar-refractivity contribution < 1.29 is 9.53 Å². The van der Waals surface area contributed by atoms with Crippen molar-refractivity contribution >= 4 is 17.7 Å². The third kappa shape index (κ3) is 4.82. The van der Waals surface area contributed by atoms with Crippen LogP contribution in [0.3, 0.4) is 0 Å². The zero-order valence-electron chi connectivity index (χ0n) is 15.6. The largest absolute Gasteiger partial charge is 0.383 e. The number of ether oxygens (including phenoxy) is 1. The Morgan fingerprint density at radius 1 is 1.35 bits per heavy atom. The molecule has 1 aromatic heterocycles. The van der Waals surface area contributed by atoms with Gasteiger partial charge >= 0.3 is 0 Å². The standard InChI is InChI=1S/C18H30N6O2/c1-26-12-8-20-17(25)14-3-2-9-24(13-14)15-5-10-23(11-6-15)16-4-7-21-18(19)22-16/h4,7,14-15H,2-3,5-6,8-13H2,1H3,(H,20,25)(H2,19,21,22)/t14-/m0/s1. The number of piperidine rings is 2. The Morgan fingerprint density at radius 3 is 2.88 bits per heavy atom. The number of likely N-dealkylation sites (tertiary alicyclic amines) is 1. The quantitative estimate of drug-likeness (QED) is 0.712. The minimum Gasteiger partial charge on any atom is -0.383 e. The van der Waals surface area contributed by atoms with Gasteiger partial charge in [-0.25, -0.2) is 4.98 Å². The molecule has 8 heteroatoms. The van der Waals surface area contributed by atoms with Gasteiger partial charge < -0.3 is 20.7 Å². The fourth-order valence-electron chi connectivity index (χ4n) is 3.97. The molecule has 2 aliphatic heterocycles. The number of nitrogen functional groups attached to an aromatic ring is 1. The molecule has 2 aliphatic rings. The summed E-state index contributed by atoms with van der Waals surface area (Å²) in [6, 6.07) is 2.46. The lowest BCUT2D eigenvalue weighted by Crippen LogP contribution is -2.51. The maximum atomic E-state index is 12.3. The number of anilines is 2. The topological polar surface area (TPSA) is 96.6 Å². The van der Waals surface area contributed by atoms with Gasteiger partial charge in [-0.05, 0) is 38.3 Å². The first-order valence-electron chi connectivity index (χ1n) is 9.51. The minimum atomic E-state index is 0.0975. The minimum absolute atomic E-state index is 0.0975. The number of nitrogens with two attached hydrogens (primary N) is 1. The normalized spacial score (nSPS) is 22.3. The van der Waals surface area contributed by atoms with Crippen LogP contribution in [0.25, 0.3) is 0 Å². The summed E-state index contributed by atoms with van der Waals surface area (Å²) in [5.41, 5.74) is 5.69. The monoisotopic (exact) mass is 362 g/mol. The number of hydrogen-bond acceptors (Lipinski definition) is 7. The van der Waals surface area contributed by atoms with Gasteiger partial charge in [0, 0.05) is 45.5 Å². The van der Waals surface area contributed by atoms with Gasteiger partial charge in [0.1, 0.15) is 5.82 Å². The molecule has 0 aromatic carbocycles. The maximum absolute atomic E-state index is 12.3. The third-order valence-electron chi connectivity index (χ3n) is 5.39. The number of carbonyl (C=O) groups is 1. The number of aromatic nitrogens is 2. The molecule has 0 unspecified atom stereocenters. The molecule has 0 bridgehead atoms. The molecular weight excluding hydrogens is 332 g/mol. The van der Waals surface area contributed by atoms with Crippen LogP contribution < -0.4 is 16.0 Å². The summed E-state index contributed by atoms with van der Waals surface area (Å²) in [5.74, 6) is 1.49. The number of amides is 1. The lowest BCUT2D eigenvalue weighted by Gasteiger charge is -2.42. The first-order valence-corrected chi connectivity index (χ1v) is 9.51. The smallest absolute Gasteiger partial charge is 0.224 e. The van der Waals surface area contributed by atoms with Crippen molar-refractivity contribution in [1.82, 2.24) is 20.2 Å². The van der Waals surface area contributed by atoms with Crippen molar-refractivity contribution in [2.45, 2.75) is 31.7 Å². The fourth-order valence-corrected chi connectivity index (χ4v) is 3.97. The van der Waals surface area contributed by atoms with Gasteiger partial charge in [-0.1, -0.05) is 0 Å². The van der Waals surface area contributed by atoms with Gasteiger partial charge in [0.2, 0.25) is 11.9 Å². The number of rotatable bonds is 6. The van der Waals surface area contributed by atoms with Crippen LogP contribution in [0.2, 0.25) is 0 Å². The lowest BCUT2D eigenvalue weighted by atomic mass is 9.93. The van der Waals surface area contributed by atoms with Crippen molar-refractivity contribution in [2.24, 2.45) is 5.92 Å². The predicted molar refractivity (Wildman–Crippen MR) is 101 cm³/mol. The SMILES string of the molecule is COCCNC(=O)[C@H]1CCCN(C2CCN(c3ccnc(N)n3)CC2)C1. The summed E-state index contributed by atoms with van der Waals surface area (Å²) in [7, 11) is 1.65. The van der Waals surface area contributed by atoms with Gasteiger partial charge in [0.05, 0.1) is 12.5 Å². The Hall–Kier alpha value is -1.93. The Morgan fingerprint density at radius 2 is 2.15 bits per heavy atom. The van der Waals surface area contributed by atoms with E-state index in [2.05, 4.69) is 25.1 Å². The second kappa shape index (κ2) is 9.14. The van der Waals surface area contributed by atoms with Gasteiger partial charge in [0.15, 0.2) is 0 Å². The van der Waals surface area contributed by atoms with Crippen molar-refractivity contribution in [2.75, 3.05) is 57.1 Å². The first-order chi connectivity index (χ1) is 12.7. The molecule has 3 N–H and O–H groups in total. The summed E-state index contributed by atoms with van der Waals surface area (Å²) < 4.78 is 5.00. The average molecular weight is 362 g/mol. The molecule has 1 aromatic rings. The van der Waals surface area contributed by atoms with E-state index in [-0.39, 0.29) is 11.8 Å². The molecule has 0 aliphatic carbocycles. The molecule has 2 fully saturated rings. The van der Waals surface area contributed by atoms with E-state index in [0.717, 1.165) is 57.7 Å². The molecule has 1 atom stereocenters. The highest BCUT2D eigenvalue weighted by atomic mass is 16.5. The van der Waals surface area contributed by atoms with Crippen molar-refractivity contribution in [3.8, 4) is 0 Å². The molecule has 26 heavy (non-hydrogen) atoms. The van der Waals surface area contributed by atoms with Gasteiger partial charge in [-0.3, -0.25) is 9.69 Å². The number of hydrogen-bond donors (Lipinski definition) is 2. The van der Waals surface area contributed by atoms with Crippen LogP contribution in [0.5, 0.6) is 0 Å². The van der Waals surface area contributed by atoms with E-state index >= 15 is 0 Å². The van der Waals surface area contributed by atoms with E-state index in [1.54, 1.807) is 13.3 Å². The second-order valence-corrected chi connectivity index (χ2v) is 7.11. The summed E-state index contributed by atoms with van der Waals surface area (Å²) in [4.78, 5) is 25.4. The van der Waals surface area contributed by atoms with Crippen LogP contribution in [-0.4, -0.2) is 73.3 Å². The van der Waals surface area contributed by atoms with Crippen LogP contribution in [0, 0.1) is 5.92 Å². The average Bonchev–Trinajstić information content (AvgIpc) is 2.68. The maximum Gasteiger partial charge on any atom is 0.224 e.